The molecule has 0 bridgehead atoms. The number of sulfonamides is 1. The smallest absolute Gasteiger partial charge is 0.243 e. The third-order valence-corrected chi connectivity index (χ3v) is 5.93. The number of nitrogens with zero attached hydrogens (tertiary/aromatic N) is 1. The summed E-state index contributed by atoms with van der Waals surface area (Å²) in [7, 11) is -3.85. The van der Waals surface area contributed by atoms with Crippen LogP contribution >= 0.6 is 35.6 Å². The molecule has 0 saturated carbocycles. The largest absolute Gasteiger partial charge is 0.341 e. The summed E-state index contributed by atoms with van der Waals surface area (Å²) in [4.78, 5) is 13.7. The summed E-state index contributed by atoms with van der Waals surface area (Å²) in [6.07, 6.45) is 0.994. The molecule has 0 aliphatic carbocycles. The Balaban J connectivity index is 0.00000288. The number of halogens is 3. The van der Waals surface area contributed by atoms with Crippen LogP contribution in [0.25, 0.3) is 0 Å². The summed E-state index contributed by atoms with van der Waals surface area (Å²) in [6.45, 7) is 2.98. The van der Waals surface area contributed by atoms with Gasteiger partial charge in [-0.1, -0.05) is 29.3 Å². The lowest BCUT2D eigenvalue weighted by atomic mass is 10.3. The summed E-state index contributed by atoms with van der Waals surface area (Å²) < 4.78 is 26.9. The van der Waals surface area contributed by atoms with Crippen LogP contribution in [-0.4, -0.2) is 51.9 Å². The Hall–Kier alpha value is -0.570. The Kier molecular flexibility index (Phi) is 8.76. The maximum atomic E-state index is 12.3. The number of carbonyl (C=O) groups excluding carboxylic acids is 1. The van der Waals surface area contributed by atoms with Gasteiger partial charge in [-0.3, -0.25) is 4.79 Å². The number of benzene rings is 1. The summed E-state index contributed by atoms with van der Waals surface area (Å²) in [5.41, 5.74) is 0. The van der Waals surface area contributed by atoms with Gasteiger partial charge < -0.3 is 10.2 Å². The molecule has 2 rings (SSSR count). The van der Waals surface area contributed by atoms with E-state index in [1.807, 2.05) is 0 Å². The van der Waals surface area contributed by atoms with Crippen LogP contribution in [0.15, 0.2) is 23.1 Å². The summed E-state index contributed by atoms with van der Waals surface area (Å²) in [5, 5.41) is 3.31. The molecule has 1 amide bonds. The van der Waals surface area contributed by atoms with Crippen LogP contribution in [0.1, 0.15) is 12.8 Å². The average molecular weight is 417 g/mol. The Morgan fingerprint density at radius 1 is 1.21 bits per heavy atom. The molecule has 0 atom stereocenters. The molecule has 1 saturated heterocycles. The highest BCUT2D eigenvalue weighted by atomic mass is 35.5. The second kappa shape index (κ2) is 9.79. The van der Waals surface area contributed by atoms with Gasteiger partial charge in [0.05, 0.1) is 10.0 Å². The van der Waals surface area contributed by atoms with Crippen molar-refractivity contribution in [2.24, 2.45) is 0 Å². The van der Waals surface area contributed by atoms with E-state index in [-0.39, 0.29) is 46.2 Å². The van der Waals surface area contributed by atoms with E-state index in [1.165, 1.54) is 12.1 Å². The molecule has 136 valence electrons. The molecule has 2 N–H and O–H groups in total. The Labute approximate surface area is 158 Å². The van der Waals surface area contributed by atoms with Crippen molar-refractivity contribution in [3.8, 4) is 0 Å². The van der Waals surface area contributed by atoms with Gasteiger partial charge in [-0.15, -0.1) is 12.4 Å². The van der Waals surface area contributed by atoms with Gasteiger partial charge in [-0.05, 0) is 25.1 Å². The number of hydrogen-bond donors (Lipinski definition) is 2. The van der Waals surface area contributed by atoms with Crippen LogP contribution in [0.5, 0.6) is 0 Å². The van der Waals surface area contributed by atoms with Crippen LogP contribution < -0.4 is 10.0 Å². The fourth-order valence-corrected chi connectivity index (χ4v) is 4.53. The number of rotatable bonds is 5. The normalized spacial score (nSPS) is 15.5. The third kappa shape index (κ3) is 5.75. The number of hydrogen-bond acceptors (Lipinski definition) is 4. The van der Waals surface area contributed by atoms with Crippen molar-refractivity contribution in [1.29, 1.82) is 0 Å². The molecule has 0 spiro atoms. The fraction of sp³-hybridized carbons (Fsp3) is 0.500. The van der Waals surface area contributed by atoms with Gasteiger partial charge in [0.15, 0.2) is 0 Å². The van der Waals surface area contributed by atoms with Crippen LogP contribution in [-0.2, 0) is 14.8 Å². The highest BCUT2D eigenvalue weighted by Crippen LogP contribution is 2.28. The SMILES string of the molecule is Cl.O=C(CCNS(=O)(=O)c1c(Cl)cccc1Cl)N1CCCNCC1. The van der Waals surface area contributed by atoms with Gasteiger partial charge in [-0.25, -0.2) is 13.1 Å². The zero-order valence-corrected chi connectivity index (χ0v) is 16.1. The molecular formula is C14H20Cl3N3O3S. The van der Waals surface area contributed by atoms with E-state index in [9.17, 15) is 13.2 Å². The Morgan fingerprint density at radius 2 is 1.88 bits per heavy atom. The van der Waals surface area contributed by atoms with Crippen LogP contribution in [0.3, 0.4) is 0 Å². The maximum Gasteiger partial charge on any atom is 0.243 e. The van der Waals surface area contributed by atoms with E-state index < -0.39 is 10.0 Å². The predicted molar refractivity (Wildman–Crippen MR) is 97.6 cm³/mol. The topological polar surface area (TPSA) is 78.5 Å². The van der Waals surface area contributed by atoms with Gasteiger partial charge >= 0.3 is 0 Å². The van der Waals surface area contributed by atoms with Crippen molar-refractivity contribution in [1.82, 2.24) is 14.9 Å². The molecule has 0 aromatic heterocycles. The number of carbonyl (C=O) groups is 1. The van der Waals surface area contributed by atoms with Crippen LogP contribution in [0.4, 0.5) is 0 Å². The first kappa shape index (κ1) is 21.5. The predicted octanol–water partition coefficient (Wildman–Crippen LogP) is 1.91. The lowest BCUT2D eigenvalue weighted by Gasteiger charge is -2.20. The first-order valence-corrected chi connectivity index (χ1v) is 9.58. The number of nitrogens with one attached hydrogen (secondary N) is 2. The van der Waals surface area contributed by atoms with Crippen molar-refractivity contribution >= 4 is 51.5 Å². The molecule has 1 aliphatic rings. The zero-order valence-electron chi connectivity index (χ0n) is 12.9. The minimum absolute atomic E-state index is 0. The molecule has 10 heteroatoms. The van der Waals surface area contributed by atoms with E-state index in [4.69, 9.17) is 23.2 Å². The van der Waals surface area contributed by atoms with E-state index in [1.54, 1.807) is 11.0 Å². The molecule has 6 nitrogen and oxygen atoms in total. The van der Waals surface area contributed by atoms with Crippen LogP contribution in [0.2, 0.25) is 10.0 Å². The van der Waals surface area contributed by atoms with Gasteiger partial charge in [0.25, 0.3) is 0 Å². The van der Waals surface area contributed by atoms with E-state index >= 15 is 0 Å². The van der Waals surface area contributed by atoms with Crippen molar-refractivity contribution in [2.75, 3.05) is 32.7 Å². The fourth-order valence-electron chi connectivity index (χ4n) is 2.36. The Morgan fingerprint density at radius 3 is 2.54 bits per heavy atom. The second-order valence-electron chi connectivity index (χ2n) is 5.18. The Bertz CT molecular complexity index is 642. The maximum absolute atomic E-state index is 12.3. The summed E-state index contributed by atoms with van der Waals surface area (Å²) >= 11 is 11.8. The monoisotopic (exact) mass is 415 g/mol. The van der Waals surface area contributed by atoms with E-state index in [0.717, 1.165) is 19.5 Å². The molecular weight excluding hydrogens is 397 g/mol. The standard InChI is InChI=1S/C14H19Cl2N3O3S.ClH/c15-11-3-1-4-12(16)14(11)23(21,22)18-7-5-13(20)19-9-2-6-17-8-10-19;/h1,3-4,17-18H,2,5-10H2;1H. The zero-order chi connectivity index (χ0) is 16.9. The molecule has 1 aromatic carbocycles. The average Bonchev–Trinajstić information content (AvgIpc) is 2.75. The van der Waals surface area contributed by atoms with E-state index in [2.05, 4.69) is 10.0 Å². The van der Waals surface area contributed by atoms with Crippen molar-refractivity contribution in [3.05, 3.63) is 28.2 Å². The van der Waals surface area contributed by atoms with Crippen LogP contribution in [0, 0.1) is 0 Å². The third-order valence-electron chi connectivity index (χ3n) is 3.51. The highest BCUT2D eigenvalue weighted by molar-refractivity contribution is 7.89. The van der Waals surface area contributed by atoms with Crippen molar-refractivity contribution < 1.29 is 13.2 Å². The molecule has 1 fully saturated rings. The summed E-state index contributed by atoms with van der Waals surface area (Å²) in [5.74, 6) is -0.0679. The minimum Gasteiger partial charge on any atom is -0.341 e. The molecule has 1 aliphatic heterocycles. The molecule has 1 heterocycles. The minimum atomic E-state index is -3.85. The molecule has 1 aromatic rings. The van der Waals surface area contributed by atoms with E-state index in [0.29, 0.717) is 13.1 Å². The summed E-state index contributed by atoms with van der Waals surface area (Å²) in [6, 6.07) is 4.48. The number of amides is 1. The highest BCUT2D eigenvalue weighted by Gasteiger charge is 2.22. The first-order valence-electron chi connectivity index (χ1n) is 7.34. The molecule has 0 unspecified atom stereocenters. The first-order chi connectivity index (χ1) is 10.9. The molecule has 0 radical (unpaired) electrons. The lowest BCUT2D eigenvalue weighted by Crippen LogP contribution is -2.36. The quantitative estimate of drug-likeness (QED) is 0.768. The van der Waals surface area contributed by atoms with Crippen molar-refractivity contribution in [2.45, 2.75) is 17.7 Å². The van der Waals surface area contributed by atoms with Gasteiger partial charge in [0.2, 0.25) is 15.9 Å². The molecule has 24 heavy (non-hydrogen) atoms. The lowest BCUT2D eigenvalue weighted by molar-refractivity contribution is -0.130. The van der Waals surface area contributed by atoms with Gasteiger partial charge in [-0.2, -0.15) is 0 Å². The van der Waals surface area contributed by atoms with Crippen molar-refractivity contribution in [3.63, 3.8) is 0 Å². The second-order valence-corrected chi connectivity index (χ2v) is 7.70. The van der Waals surface area contributed by atoms with Gasteiger partial charge in [0.1, 0.15) is 4.90 Å². The van der Waals surface area contributed by atoms with Gasteiger partial charge in [0, 0.05) is 32.6 Å².